The van der Waals surface area contributed by atoms with Gasteiger partial charge in [0.25, 0.3) is 10.2 Å². The fraction of sp³-hybridized carbons (Fsp3) is 1.00. The third-order valence-corrected chi connectivity index (χ3v) is 4.39. The maximum atomic E-state index is 11.7. The number of hydrogen-bond donors (Lipinski definition) is 2. The van der Waals surface area contributed by atoms with Gasteiger partial charge in [-0.25, -0.2) is 4.72 Å². The van der Waals surface area contributed by atoms with E-state index in [1.165, 1.54) is 4.31 Å². The molecular weight excluding hydrogens is 216 g/mol. The summed E-state index contributed by atoms with van der Waals surface area (Å²) in [6.45, 7) is 4.80. The fourth-order valence-electron chi connectivity index (χ4n) is 1.75. The molecule has 2 N–H and O–H groups in total. The molecule has 1 fully saturated rings. The summed E-state index contributed by atoms with van der Waals surface area (Å²) in [6, 6.07) is 0. The number of nitrogens with zero attached hydrogens (tertiary/aromatic N) is 1. The highest BCUT2D eigenvalue weighted by molar-refractivity contribution is 7.87. The third kappa shape index (κ3) is 3.71. The van der Waals surface area contributed by atoms with Crippen molar-refractivity contribution in [3.63, 3.8) is 0 Å². The topological polar surface area (TPSA) is 69.6 Å². The summed E-state index contributed by atoms with van der Waals surface area (Å²) in [5, 5.41) is 9.83. The van der Waals surface area contributed by atoms with Crippen LogP contribution in [0.1, 0.15) is 33.1 Å². The number of aliphatic hydroxyl groups is 1. The van der Waals surface area contributed by atoms with Gasteiger partial charge in [-0.3, -0.25) is 0 Å². The molecule has 1 aliphatic rings. The lowest BCUT2D eigenvalue weighted by atomic mass is 9.98. The highest BCUT2D eigenvalue weighted by Gasteiger charge is 2.29. The van der Waals surface area contributed by atoms with Gasteiger partial charge in [-0.05, 0) is 26.2 Å². The molecule has 0 amide bonds. The molecule has 6 heteroatoms. The van der Waals surface area contributed by atoms with Crippen molar-refractivity contribution in [3.05, 3.63) is 0 Å². The van der Waals surface area contributed by atoms with Crippen molar-refractivity contribution in [2.75, 3.05) is 19.6 Å². The number of rotatable bonds is 3. The van der Waals surface area contributed by atoms with Gasteiger partial charge in [0.2, 0.25) is 0 Å². The molecule has 1 atom stereocenters. The summed E-state index contributed by atoms with van der Waals surface area (Å²) in [7, 11) is -3.33. The largest absolute Gasteiger partial charge is 0.390 e. The van der Waals surface area contributed by atoms with E-state index < -0.39 is 15.8 Å². The molecule has 0 aromatic carbocycles. The van der Waals surface area contributed by atoms with Crippen molar-refractivity contribution in [3.8, 4) is 0 Å². The van der Waals surface area contributed by atoms with E-state index in [4.69, 9.17) is 0 Å². The Labute approximate surface area is 91.7 Å². The average Bonchev–Trinajstić information content (AvgIpc) is 2.26. The minimum Gasteiger partial charge on any atom is -0.390 e. The second-order valence-electron chi connectivity index (χ2n) is 4.25. The molecule has 90 valence electrons. The Bertz CT molecular complexity index is 300. The van der Waals surface area contributed by atoms with Gasteiger partial charge in [-0.15, -0.1) is 0 Å². The average molecular weight is 236 g/mol. The molecule has 5 nitrogen and oxygen atoms in total. The Balaban J connectivity index is 2.66. The molecule has 0 saturated carbocycles. The molecule has 0 spiro atoms. The summed E-state index contributed by atoms with van der Waals surface area (Å²) in [5.74, 6) is 0. The number of nitrogens with one attached hydrogen (secondary N) is 1. The summed E-state index contributed by atoms with van der Waals surface area (Å²) < 4.78 is 27.2. The third-order valence-electron chi connectivity index (χ3n) is 2.69. The van der Waals surface area contributed by atoms with Crippen LogP contribution in [0.2, 0.25) is 0 Å². The van der Waals surface area contributed by atoms with Gasteiger partial charge in [0.05, 0.1) is 5.60 Å². The first-order chi connectivity index (χ1) is 6.87. The Kier molecular flexibility index (Phi) is 4.11. The van der Waals surface area contributed by atoms with Crippen LogP contribution in [0, 0.1) is 0 Å². The van der Waals surface area contributed by atoms with E-state index in [9.17, 15) is 13.5 Å². The first kappa shape index (κ1) is 12.9. The molecule has 1 saturated heterocycles. The summed E-state index contributed by atoms with van der Waals surface area (Å²) >= 11 is 0. The van der Waals surface area contributed by atoms with E-state index in [0.717, 1.165) is 0 Å². The van der Waals surface area contributed by atoms with Gasteiger partial charge < -0.3 is 5.11 Å². The van der Waals surface area contributed by atoms with Gasteiger partial charge in [-0.2, -0.15) is 12.7 Å². The molecule has 0 radical (unpaired) electrons. The van der Waals surface area contributed by atoms with E-state index in [1.54, 1.807) is 13.8 Å². The lowest BCUT2D eigenvalue weighted by molar-refractivity contribution is 0.0465. The fourth-order valence-corrected chi connectivity index (χ4v) is 3.00. The zero-order valence-corrected chi connectivity index (χ0v) is 10.2. The predicted octanol–water partition coefficient (Wildman–Crippen LogP) is 0.0776. The van der Waals surface area contributed by atoms with E-state index in [0.29, 0.717) is 38.9 Å². The zero-order valence-electron chi connectivity index (χ0n) is 9.36. The van der Waals surface area contributed by atoms with E-state index >= 15 is 0 Å². The Hall–Kier alpha value is -0.170. The monoisotopic (exact) mass is 236 g/mol. The quantitative estimate of drug-likeness (QED) is 0.729. The molecule has 0 aromatic rings. The van der Waals surface area contributed by atoms with Crippen molar-refractivity contribution in [1.82, 2.24) is 9.03 Å². The SMILES string of the molecule is CCNS(=O)(=O)N1CCCC(C)(O)CC1. The van der Waals surface area contributed by atoms with Crippen LogP contribution in [-0.4, -0.2) is 43.1 Å². The van der Waals surface area contributed by atoms with Crippen LogP contribution in [0.5, 0.6) is 0 Å². The first-order valence-corrected chi connectivity index (χ1v) is 6.78. The molecular formula is C9H20N2O3S. The van der Waals surface area contributed by atoms with Gasteiger partial charge in [0.15, 0.2) is 0 Å². The lowest BCUT2D eigenvalue weighted by Gasteiger charge is -2.22. The van der Waals surface area contributed by atoms with Crippen molar-refractivity contribution in [2.24, 2.45) is 0 Å². The van der Waals surface area contributed by atoms with Crippen LogP contribution in [0.3, 0.4) is 0 Å². The minimum atomic E-state index is -3.33. The van der Waals surface area contributed by atoms with Crippen LogP contribution in [0.4, 0.5) is 0 Å². The van der Waals surface area contributed by atoms with Crippen molar-refractivity contribution in [2.45, 2.75) is 38.7 Å². The van der Waals surface area contributed by atoms with Crippen molar-refractivity contribution in [1.29, 1.82) is 0 Å². The van der Waals surface area contributed by atoms with Gasteiger partial charge >= 0.3 is 0 Å². The molecule has 1 unspecified atom stereocenters. The second-order valence-corrected chi connectivity index (χ2v) is 6.01. The highest BCUT2D eigenvalue weighted by Crippen LogP contribution is 2.22. The molecule has 15 heavy (non-hydrogen) atoms. The van der Waals surface area contributed by atoms with Crippen LogP contribution in [0.15, 0.2) is 0 Å². The minimum absolute atomic E-state index is 0.391. The molecule has 0 aliphatic carbocycles. The van der Waals surface area contributed by atoms with Crippen molar-refractivity contribution >= 4 is 10.2 Å². The van der Waals surface area contributed by atoms with Gasteiger partial charge in [-0.1, -0.05) is 6.92 Å². The Morgan fingerprint density at radius 1 is 1.40 bits per heavy atom. The first-order valence-electron chi connectivity index (χ1n) is 5.34. The summed E-state index contributed by atoms with van der Waals surface area (Å²) in [5.41, 5.74) is -0.726. The van der Waals surface area contributed by atoms with Crippen LogP contribution in [-0.2, 0) is 10.2 Å². The highest BCUT2D eigenvalue weighted by atomic mass is 32.2. The van der Waals surface area contributed by atoms with Crippen molar-refractivity contribution < 1.29 is 13.5 Å². The summed E-state index contributed by atoms with van der Waals surface area (Å²) in [6.07, 6.45) is 1.86. The van der Waals surface area contributed by atoms with E-state index in [1.807, 2.05) is 0 Å². The predicted molar refractivity (Wildman–Crippen MR) is 58.6 cm³/mol. The van der Waals surface area contributed by atoms with Gasteiger partial charge in [0.1, 0.15) is 0 Å². The molecule has 0 aromatic heterocycles. The summed E-state index contributed by atoms with van der Waals surface area (Å²) in [4.78, 5) is 0. The molecule has 1 heterocycles. The van der Waals surface area contributed by atoms with Crippen LogP contribution in [0.25, 0.3) is 0 Å². The second kappa shape index (κ2) is 4.78. The molecule has 1 rings (SSSR count). The molecule has 1 aliphatic heterocycles. The zero-order chi connectivity index (χ0) is 11.5. The number of hydrogen-bond acceptors (Lipinski definition) is 3. The van der Waals surface area contributed by atoms with E-state index in [-0.39, 0.29) is 0 Å². The maximum Gasteiger partial charge on any atom is 0.279 e. The van der Waals surface area contributed by atoms with E-state index in [2.05, 4.69) is 4.72 Å². The van der Waals surface area contributed by atoms with Gasteiger partial charge in [0, 0.05) is 19.6 Å². The smallest absolute Gasteiger partial charge is 0.279 e. The lowest BCUT2D eigenvalue weighted by Crippen LogP contribution is -2.41. The maximum absolute atomic E-state index is 11.7. The standard InChI is InChI=1S/C9H20N2O3S/c1-3-10-15(13,14)11-7-4-5-9(2,12)6-8-11/h10,12H,3-8H2,1-2H3. The van der Waals surface area contributed by atoms with Crippen LogP contribution >= 0.6 is 0 Å². The molecule has 0 bridgehead atoms. The normalized spacial score (nSPS) is 30.1. The Morgan fingerprint density at radius 3 is 2.67 bits per heavy atom. The Morgan fingerprint density at radius 2 is 2.07 bits per heavy atom. The van der Waals surface area contributed by atoms with Crippen LogP contribution < -0.4 is 4.72 Å².